The second kappa shape index (κ2) is 6.76. The van der Waals surface area contributed by atoms with Crippen LogP contribution in [0.5, 0.6) is 5.75 Å². The Balaban J connectivity index is 1.93. The fraction of sp³-hybridized carbons (Fsp3) is 0.0588. The molecular formula is C17H13NO3S2. The lowest BCUT2D eigenvalue weighted by molar-refractivity contribution is 0.106. The van der Waals surface area contributed by atoms with Crippen LogP contribution in [0.2, 0.25) is 0 Å². The summed E-state index contributed by atoms with van der Waals surface area (Å²) >= 11 is 2.83. The van der Waals surface area contributed by atoms with Gasteiger partial charge in [-0.05, 0) is 41.8 Å². The maximum Gasteiger partial charge on any atom is 0.266 e. The van der Waals surface area contributed by atoms with Crippen LogP contribution >= 0.6 is 22.7 Å². The molecule has 0 aliphatic rings. The molecule has 0 amide bonds. The van der Waals surface area contributed by atoms with Crippen LogP contribution in [0.3, 0.4) is 0 Å². The van der Waals surface area contributed by atoms with Crippen molar-refractivity contribution in [2.75, 3.05) is 7.11 Å². The largest absolute Gasteiger partial charge is 0.497 e. The van der Waals surface area contributed by atoms with E-state index in [2.05, 4.69) is 4.98 Å². The molecule has 0 saturated heterocycles. The van der Waals surface area contributed by atoms with E-state index in [-0.39, 0.29) is 11.3 Å². The first-order chi connectivity index (χ1) is 11.2. The minimum atomic E-state index is -0.183. The minimum Gasteiger partial charge on any atom is -0.497 e. The minimum absolute atomic E-state index is 0.159. The summed E-state index contributed by atoms with van der Waals surface area (Å²) < 4.78 is 6.19. The van der Waals surface area contributed by atoms with Crippen LogP contribution in [0.4, 0.5) is 0 Å². The van der Waals surface area contributed by atoms with Gasteiger partial charge in [-0.15, -0.1) is 22.7 Å². The summed E-state index contributed by atoms with van der Waals surface area (Å²) in [6.07, 6.45) is 3.27. The first-order valence-corrected chi connectivity index (χ1v) is 8.50. The number of hydrogen-bond acceptors (Lipinski definition) is 5. The van der Waals surface area contributed by atoms with Crippen molar-refractivity contribution in [3.05, 3.63) is 71.8 Å². The number of ether oxygens (including phenoxy) is 1. The van der Waals surface area contributed by atoms with Crippen LogP contribution in [0.25, 0.3) is 12.2 Å². The van der Waals surface area contributed by atoms with E-state index in [9.17, 15) is 9.59 Å². The number of ketones is 1. The number of Topliss-reactive ketones (excluding diaryl/α,β-unsaturated/α-hetero) is 1. The molecular weight excluding hydrogens is 330 g/mol. The van der Waals surface area contributed by atoms with Crippen molar-refractivity contribution in [2.45, 2.75) is 0 Å². The van der Waals surface area contributed by atoms with E-state index in [1.165, 1.54) is 17.4 Å². The highest BCUT2D eigenvalue weighted by atomic mass is 32.1. The van der Waals surface area contributed by atoms with E-state index in [1.807, 2.05) is 23.6 Å². The van der Waals surface area contributed by atoms with Gasteiger partial charge in [0.2, 0.25) is 0 Å². The molecule has 2 heterocycles. The summed E-state index contributed by atoms with van der Waals surface area (Å²) in [5.74, 6) is 0.534. The predicted octanol–water partition coefficient (Wildman–Crippen LogP) is 2.00. The van der Waals surface area contributed by atoms with Crippen LogP contribution < -0.4 is 19.5 Å². The second-order valence-electron chi connectivity index (χ2n) is 4.68. The van der Waals surface area contributed by atoms with Crippen molar-refractivity contribution in [1.82, 2.24) is 4.98 Å². The summed E-state index contributed by atoms with van der Waals surface area (Å²) in [7, 11) is 1.57. The van der Waals surface area contributed by atoms with Crippen molar-refractivity contribution in [1.29, 1.82) is 0 Å². The average Bonchev–Trinajstić information content (AvgIpc) is 3.18. The third-order valence-electron chi connectivity index (χ3n) is 3.13. The maximum absolute atomic E-state index is 12.2. The number of thiophene rings is 1. The van der Waals surface area contributed by atoms with E-state index < -0.39 is 0 Å². The van der Waals surface area contributed by atoms with Crippen LogP contribution in [0, 0.1) is 0 Å². The number of thiazole rings is 1. The molecule has 116 valence electrons. The van der Waals surface area contributed by atoms with Crippen LogP contribution in [-0.4, -0.2) is 17.9 Å². The molecule has 2 aromatic heterocycles. The number of rotatable bonds is 4. The number of carbonyl (C=O) groups excluding carboxylic acids is 1. The maximum atomic E-state index is 12.2. The Bertz CT molecular complexity index is 980. The summed E-state index contributed by atoms with van der Waals surface area (Å²) in [4.78, 5) is 27.9. The number of aromatic nitrogens is 1. The fourth-order valence-corrected chi connectivity index (χ4v) is 3.59. The molecule has 1 aromatic carbocycles. The van der Waals surface area contributed by atoms with Crippen molar-refractivity contribution in [2.24, 2.45) is 0 Å². The second-order valence-corrected chi connectivity index (χ2v) is 6.74. The molecule has 0 fully saturated rings. The Morgan fingerprint density at radius 1 is 1.22 bits per heavy atom. The zero-order valence-corrected chi connectivity index (χ0v) is 13.9. The third kappa shape index (κ3) is 3.67. The Kier molecular flexibility index (Phi) is 4.55. The average molecular weight is 343 g/mol. The van der Waals surface area contributed by atoms with Gasteiger partial charge in [-0.3, -0.25) is 9.59 Å². The number of H-pyrrole nitrogens is 1. The van der Waals surface area contributed by atoms with Gasteiger partial charge in [0, 0.05) is 16.5 Å². The van der Waals surface area contributed by atoms with E-state index >= 15 is 0 Å². The highest BCUT2D eigenvalue weighted by molar-refractivity contribution is 7.11. The quantitative estimate of drug-likeness (QED) is 0.737. The molecule has 0 saturated carbocycles. The molecule has 0 aliphatic carbocycles. The van der Waals surface area contributed by atoms with Crippen molar-refractivity contribution in [3.8, 4) is 5.75 Å². The van der Waals surface area contributed by atoms with Gasteiger partial charge in [0.05, 0.1) is 16.3 Å². The molecule has 0 radical (unpaired) electrons. The number of benzene rings is 1. The lowest BCUT2D eigenvalue weighted by Gasteiger charge is -1.99. The highest BCUT2D eigenvalue weighted by Gasteiger charge is 2.04. The summed E-state index contributed by atoms with van der Waals surface area (Å²) in [5, 5.41) is 1.95. The van der Waals surface area contributed by atoms with Crippen molar-refractivity contribution < 1.29 is 9.53 Å². The molecule has 23 heavy (non-hydrogen) atoms. The van der Waals surface area contributed by atoms with Crippen LogP contribution in [-0.2, 0) is 0 Å². The molecule has 3 rings (SSSR count). The van der Waals surface area contributed by atoms with Gasteiger partial charge < -0.3 is 9.72 Å². The Morgan fingerprint density at radius 2 is 2.00 bits per heavy atom. The standard InChI is InChI=1S/C17H13NO3S2/c1-21-12-6-4-11(5-7-12)14(19)10-16-18-17(20)15(23-16)9-13-3-2-8-22-13/h2-10H,1H3,(H,18,20)/b15-9+,16-10+. The Labute approximate surface area is 140 Å². The van der Waals surface area contributed by atoms with E-state index in [0.29, 0.717) is 20.5 Å². The molecule has 6 heteroatoms. The number of methoxy groups -OCH3 is 1. The smallest absolute Gasteiger partial charge is 0.266 e. The number of carbonyl (C=O) groups is 1. The van der Waals surface area contributed by atoms with E-state index in [1.54, 1.807) is 42.7 Å². The third-order valence-corrected chi connectivity index (χ3v) is 4.92. The van der Waals surface area contributed by atoms with Crippen LogP contribution in [0.15, 0.2) is 46.6 Å². The van der Waals surface area contributed by atoms with Crippen molar-refractivity contribution >= 4 is 40.6 Å². The van der Waals surface area contributed by atoms with Gasteiger partial charge in [0.1, 0.15) is 5.75 Å². The molecule has 0 spiro atoms. The molecule has 1 N–H and O–H groups in total. The first kappa shape index (κ1) is 15.5. The molecule has 3 aromatic rings. The van der Waals surface area contributed by atoms with Gasteiger partial charge >= 0.3 is 0 Å². The monoisotopic (exact) mass is 343 g/mol. The summed E-state index contributed by atoms with van der Waals surface area (Å²) in [5.41, 5.74) is 0.362. The van der Waals surface area contributed by atoms with Crippen molar-refractivity contribution in [3.63, 3.8) is 0 Å². The van der Waals surface area contributed by atoms with Crippen LogP contribution in [0.1, 0.15) is 15.2 Å². The normalized spacial score (nSPS) is 12.6. The lowest BCUT2D eigenvalue weighted by atomic mass is 10.1. The van der Waals surface area contributed by atoms with Gasteiger partial charge in [0.25, 0.3) is 5.56 Å². The zero-order chi connectivity index (χ0) is 16.2. The Morgan fingerprint density at radius 3 is 2.65 bits per heavy atom. The number of aromatic amines is 1. The van der Waals surface area contributed by atoms with E-state index in [4.69, 9.17) is 4.74 Å². The summed E-state index contributed by atoms with van der Waals surface area (Å²) in [6, 6.07) is 10.7. The topological polar surface area (TPSA) is 59.2 Å². The molecule has 0 bridgehead atoms. The number of nitrogens with one attached hydrogen (secondary N) is 1. The van der Waals surface area contributed by atoms with Gasteiger partial charge in [-0.2, -0.15) is 0 Å². The Hall–Kier alpha value is -2.44. The molecule has 4 nitrogen and oxygen atoms in total. The van der Waals surface area contributed by atoms with Gasteiger partial charge in [-0.1, -0.05) is 6.07 Å². The molecule has 0 atom stereocenters. The number of hydrogen-bond donors (Lipinski definition) is 1. The SMILES string of the molecule is COc1ccc(C(=O)/C=c2\[nH]c(=O)/c(=C\c3cccs3)s2)cc1. The van der Waals surface area contributed by atoms with E-state index in [0.717, 1.165) is 4.88 Å². The summed E-state index contributed by atoms with van der Waals surface area (Å²) in [6.45, 7) is 0. The predicted molar refractivity (Wildman–Crippen MR) is 93.9 cm³/mol. The van der Waals surface area contributed by atoms with Gasteiger partial charge in [-0.25, -0.2) is 0 Å². The molecule has 0 unspecified atom stereocenters. The molecule has 0 aliphatic heterocycles. The highest BCUT2D eigenvalue weighted by Crippen LogP contribution is 2.12. The lowest BCUT2D eigenvalue weighted by Crippen LogP contribution is -2.19. The van der Waals surface area contributed by atoms with Gasteiger partial charge in [0.15, 0.2) is 5.78 Å². The fourth-order valence-electron chi connectivity index (χ4n) is 1.98. The first-order valence-electron chi connectivity index (χ1n) is 6.80. The zero-order valence-electron chi connectivity index (χ0n) is 12.2.